The Hall–Kier alpha value is -0.950. The molecule has 3 saturated heterocycles. The topological polar surface area (TPSA) is 48.8 Å². The van der Waals surface area contributed by atoms with Crippen LogP contribution in [0, 0.1) is 0 Å². The summed E-state index contributed by atoms with van der Waals surface area (Å²) in [5, 5.41) is 4.24. The van der Waals surface area contributed by atoms with Crippen molar-refractivity contribution in [2.75, 3.05) is 33.0 Å². The Morgan fingerprint density at radius 3 is 2.92 bits per heavy atom. The van der Waals surface area contributed by atoms with Crippen LogP contribution >= 0.6 is 0 Å². The van der Waals surface area contributed by atoms with E-state index in [4.69, 9.17) is 14.2 Å². The second-order valence-corrected chi connectivity index (χ2v) is 7.12. The number of aromatic nitrogens is 2. The fraction of sp³-hybridized carbons (Fsp3) is 0.833. The van der Waals surface area contributed by atoms with Crippen molar-refractivity contribution in [1.29, 1.82) is 0 Å². The summed E-state index contributed by atoms with van der Waals surface area (Å²) >= 11 is 0. The van der Waals surface area contributed by atoms with Gasteiger partial charge in [-0.15, -0.1) is 0 Å². The normalized spacial score (nSPS) is 32.1. The maximum atomic E-state index is 6.25. The van der Waals surface area contributed by atoms with Gasteiger partial charge in [-0.05, 0) is 38.2 Å². The minimum Gasteiger partial charge on any atom is -0.381 e. The third-order valence-electron chi connectivity index (χ3n) is 5.60. The molecular formula is C18H29N3O3. The van der Waals surface area contributed by atoms with E-state index in [0.29, 0.717) is 12.1 Å². The first kappa shape index (κ1) is 16.5. The molecule has 4 heterocycles. The molecule has 3 aliphatic heterocycles. The number of fused-ring (bicyclic) bond motifs is 1. The lowest BCUT2D eigenvalue weighted by Gasteiger charge is -2.38. The van der Waals surface area contributed by atoms with E-state index in [2.05, 4.69) is 10.00 Å². The number of hydrogen-bond acceptors (Lipinski definition) is 5. The van der Waals surface area contributed by atoms with Crippen molar-refractivity contribution in [2.24, 2.45) is 0 Å². The van der Waals surface area contributed by atoms with Crippen LogP contribution in [-0.4, -0.2) is 71.9 Å². The van der Waals surface area contributed by atoms with E-state index < -0.39 is 0 Å². The molecule has 0 saturated carbocycles. The summed E-state index contributed by atoms with van der Waals surface area (Å²) in [5.74, 6) is 0. The summed E-state index contributed by atoms with van der Waals surface area (Å²) in [4.78, 5) is 2.67. The van der Waals surface area contributed by atoms with E-state index in [1.807, 2.05) is 23.1 Å². The molecule has 0 spiro atoms. The molecule has 3 atom stereocenters. The van der Waals surface area contributed by atoms with Crippen molar-refractivity contribution in [3.05, 3.63) is 18.5 Å². The molecule has 3 fully saturated rings. The highest BCUT2D eigenvalue weighted by Gasteiger charge is 2.46. The summed E-state index contributed by atoms with van der Waals surface area (Å²) < 4.78 is 19.9. The van der Waals surface area contributed by atoms with Crippen molar-refractivity contribution in [3.63, 3.8) is 0 Å². The first-order valence-corrected chi connectivity index (χ1v) is 9.46. The average Bonchev–Trinajstić information content (AvgIpc) is 3.28. The molecule has 0 N–H and O–H groups in total. The molecule has 6 nitrogen and oxygen atoms in total. The van der Waals surface area contributed by atoms with Gasteiger partial charge in [-0.1, -0.05) is 0 Å². The van der Waals surface area contributed by atoms with Gasteiger partial charge in [0.05, 0.1) is 6.10 Å². The average molecular weight is 335 g/mol. The first-order chi connectivity index (χ1) is 11.9. The third kappa shape index (κ3) is 3.67. The van der Waals surface area contributed by atoms with Gasteiger partial charge in [0.1, 0.15) is 6.10 Å². The summed E-state index contributed by atoms with van der Waals surface area (Å²) in [6.45, 7) is 5.39. The van der Waals surface area contributed by atoms with Gasteiger partial charge in [0.15, 0.2) is 0 Å². The van der Waals surface area contributed by atoms with E-state index in [1.165, 1.54) is 12.8 Å². The fourth-order valence-electron chi connectivity index (χ4n) is 4.42. The number of hydrogen-bond donors (Lipinski definition) is 0. The lowest BCUT2D eigenvalue weighted by atomic mass is 9.99. The molecule has 0 unspecified atom stereocenters. The van der Waals surface area contributed by atoms with Gasteiger partial charge in [0.2, 0.25) is 0 Å². The number of rotatable bonds is 6. The van der Waals surface area contributed by atoms with Crippen molar-refractivity contribution in [3.8, 4) is 0 Å². The molecule has 6 heteroatoms. The summed E-state index contributed by atoms with van der Waals surface area (Å²) in [6.07, 6.45) is 10.0. The number of ether oxygens (including phenoxy) is 3. The van der Waals surface area contributed by atoms with E-state index in [9.17, 15) is 0 Å². The van der Waals surface area contributed by atoms with Crippen LogP contribution in [0.2, 0.25) is 0 Å². The molecular weight excluding hydrogens is 306 g/mol. The predicted octanol–water partition coefficient (Wildman–Crippen LogP) is 1.70. The largest absolute Gasteiger partial charge is 0.381 e. The standard InChI is InChI=1S/C18H29N3O3/c1-4-16-18(24-10-1)17(14-21(16)15-5-12-22-13-6-15)23-11-3-9-20-8-2-7-19-20/h2,7-8,15-18H,1,3-6,9-14H2/t16-,17-,18+/m1/s1. The third-order valence-corrected chi connectivity index (χ3v) is 5.60. The molecule has 1 aromatic heterocycles. The lowest BCUT2D eigenvalue weighted by Crippen LogP contribution is -2.47. The quantitative estimate of drug-likeness (QED) is 0.741. The van der Waals surface area contributed by atoms with E-state index in [1.54, 1.807) is 0 Å². The van der Waals surface area contributed by atoms with Crippen LogP contribution in [0.5, 0.6) is 0 Å². The maximum absolute atomic E-state index is 6.25. The summed E-state index contributed by atoms with van der Waals surface area (Å²) in [7, 11) is 0. The Morgan fingerprint density at radius 2 is 2.08 bits per heavy atom. The highest BCUT2D eigenvalue weighted by molar-refractivity contribution is 5.00. The molecule has 0 aliphatic carbocycles. The van der Waals surface area contributed by atoms with E-state index in [0.717, 1.165) is 58.8 Å². The van der Waals surface area contributed by atoms with Gasteiger partial charge in [-0.3, -0.25) is 9.58 Å². The molecule has 0 bridgehead atoms. The summed E-state index contributed by atoms with van der Waals surface area (Å²) in [6, 6.07) is 3.15. The number of nitrogens with zero attached hydrogens (tertiary/aromatic N) is 3. The van der Waals surface area contributed by atoms with Gasteiger partial charge in [-0.2, -0.15) is 5.10 Å². The van der Waals surface area contributed by atoms with Crippen LogP contribution in [0.15, 0.2) is 18.5 Å². The Bertz CT molecular complexity index is 490. The van der Waals surface area contributed by atoms with Crippen LogP contribution in [0.25, 0.3) is 0 Å². The highest BCUT2D eigenvalue weighted by atomic mass is 16.5. The Morgan fingerprint density at radius 1 is 1.17 bits per heavy atom. The SMILES string of the molecule is c1cnn(CCCO[C@@H]2CN(C3CCOCC3)[C@@H]3CCCO[C@@H]32)c1. The molecule has 3 aliphatic rings. The highest BCUT2D eigenvalue weighted by Crippen LogP contribution is 2.34. The van der Waals surface area contributed by atoms with Crippen molar-refractivity contribution < 1.29 is 14.2 Å². The number of likely N-dealkylation sites (tertiary alicyclic amines) is 1. The molecule has 0 aromatic carbocycles. The minimum absolute atomic E-state index is 0.218. The summed E-state index contributed by atoms with van der Waals surface area (Å²) in [5.41, 5.74) is 0. The van der Waals surface area contributed by atoms with Crippen molar-refractivity contribution in [2.45, 2.75) is 62.9 Å². The zero-order chi connectivity index (χ0) is 16.2. The van der Waals surface area contributed by atoms with Crippen molar-refractivity contribution >= 4 is 0 Å². The Balaban J connectivity index is 1.30. The Kier molecular flexibility index (Phi) is 5.47. The fourth-order valence-corrected chi connectivity index (χ4v) is 4.42. The number of aryl methyl sites for hydroxylation is 1. The lowest BCUT2D eigenvalue weighted by molar-refractivity contribution is -0.0806. The van der Waals surface area contributed by atoms with Gasteiger partial charge < -0.3 is 14.2 Å². The second-order valence-electron chi connectivity index (χ2n) is 7.12. The molecule has 24 heavy (non-hydrogen) atoms. The monoisotopic (exact) mass is 335 g/mol. The molecule has 0 radical (unpaired) electrons. The molecule has 4 rings (SSSR count). The molecule has 1 aromatic rings. The van der Waals surface area contributed by atoms with Crippen LogP contribution in [0.3, 0.4) is 0 Å². The zero-order valence-corrected chi connectivity index (χ0v) is 14.4. The van der Waals surface area contributed by atoms with E-state index in [-0.39, 0.29) is 12.2 Å². The van der Waals surface area contributed by atoms with E-state index >= 15 is 0 Å². The zero-order valence-electron chi connectivity index (χ0n) is 14.4. The Labute approximate surface area is 144 Å². The van der Waals surface area contributed by atoms with Crippen LogP contribution in [-0.2, 0) is 20.8 Å². The van der Waals surface area contributed by atoms with Gasteiger partial charge in [0, 0.05) is 64.0 Å². The van der Waals surface area contributed by atoms with Crippen molar-refractivity contribution in [1.82, 2.24) is 14.7 Å². The molecule has 0 amide bonds. The minimum atomic E-state index is 0.218. The first-order valence-electron chi connectivity index (χ1n) is 9.46. The van der Waals surface area contributed by atoms with Gasteiger partial charge in [-0.25, -0.2) is 0 Å². The molecule has 134 valence electrons. The van der Waals surface area contributed by atoms with Crippen LogP contribution < -0.4 is 0 Å². The second kappa shape index (κ2) is 7.95. The van der Waals surface area contributed by atoms with Gasteiger partial charge in [0.25, 0.3) is 0 Å². The predicted molar refractivity (Wildman–Crippen MR) is 89.9 cm³/mol. The smallest absolute Gasteiger partial charge is 0.100 e. The van der Waals surface area contributed by atoms with Crippen LogP contribution in [0.4, 0.5) is 0 Å². The van der Waals surface area contributed by atoms with Crippen LogP contribution in [0.1, 0.15) is 32.1 Å². The van der Waals surface area contributed by atoms with Gasteiger partial charge >= 0.3 is 0 Å². The maximum Gasteiger partial charge on any atom is 0.100 e.